The van der Waals surface area contributed by atoms with Crippen LogP contribution < -0.4 is 11.1 Å². The molecule has 8 heteroatoms. The molecule has 1 heterocycles. The van der Waals surface area contributed by atoms with Gasteiger partial charge in [-0.25, -0.2) is 17.2 Å². The summed E-state index contributed by atoms with van der Waals surface area (Å²) < 4.78 is 49.6. The highest BCUT2D eigenvalue weighted by Gasteiger charge is 2.28. The Morgan fingerprint density at radius 1 is 1.40 bits per heavy atom. The standard InChI is InChI=1S/C12H14F2N2O3S/c13-8-1-2-9(15)11(14)10(8)12(17)16-5-7-3-4-20(18,19)6-7/h1-2,7H,3-6,15H2,(H,16,17). The largest absolute Gasteiger partial charge is 0.396 e. The molecule has 3 N–H and O–H groups in total. The maximum atomic E-state index is 13.6. The van der Waals surface area contributed by atoms with Gasteiger partial charge in [0, 0.05) is 6.54 Å². The van der Waals surface area contributed by atoms with E-state index in [2.05, 4.69) is 5.32 Å². The van der Waals surface area contributed by atoms with E-state index in [1.54, 1.807) is 0 Å². The second-order valence-electron chi connectivity index (χ2n) is 4.80. The fourth-order valence-corrected chi connectivity index (χ4v) is 4.00. The molecule has 1 amide bonds. The van der Waals surface area contributed by atoms with E-state index in [-0.39, 0.29) is 29.7 Å². The number of nitrogens with one attached hydrogen (secondary N) is 1. The van der Waals surface area contributed by atoms with Crippen molar-refractivity contribution in [3.63, 3.8) is 0 Å². The molecule has 110 valence electrons. The van der Waals surface area contributed by atoms with Crippen molar-refractivity contribution in [3.8, 4) is 0 Å². The quantitative estimate of drug-likeness (QED) is 0.805. The van der Waals surface area contributed by atoms with Crippen molar-refractivity contribution in [2.24, 2.45) is 5.92 Å². The zero-order valence-electron chi connectivity index (χ0n) is 10.5. The van der Waals surface area contributed by atoms with Crippen molar-refractivity contribution in [2.45, 2.75) is 6.42 Å². The lowest BCUT2D eigenvalue weighted by Crippen LogP contribution is -2.31. The first-order valence-electron chi connectivity index (χ1n) is 6.02. The molecule has 0 bridgehead atoms. The second kappa shape index (κ2) is 5.35. The summed E-state index contributed by atoms with van der Waals surface area (Å²) in [5.41, 5.74) is 4.22. The summed E-state index contributed by atoms with van der Waals surface area (Å²) in [6, 6.07) is 1.94. The van der Waals surface area contributed by atoms with E-state index >= 15 is 0 Å². The van der Waals surface area contributed by atoms with Gasteiger partial charge in [-0.15, -0.1) is 0 Å². The zero-order chi connectivity index (χ0) is 14.9. The third-order valence-electron chi connectivity index (χ3n) is 3.23. The van der Waals surface area contributed by atoms with Crippen molar-refractivity contribution in [3.05, 3.63) is 29.3 Å². The number of hydrogen-bond acceptors (Lipinski definition) is 4. The van der Waals surface area contributed by atoms with Crippen LogP contribution in [-0.2, 0) is 9.84 Å². The van der Waals surface area contributed by atoms with Gasteiger partial charge in [0.2, 0.25) is 0 Å². The first-order chi connectivity index (χ1) is 9.30. The molecule has 2 rings (SSSR count). The van der Waals surface area contributed by atoms with Crippen LogP contribution in [0.15, 0.2) is 12.1 Å². The maximum Gasteiger partial charge on any atom is 0.257 e. The highest BCUT2D eigenvalue weighted by molar-refractivity contribution is 7.91. The molecule has 1 fully saturated rings. The normalized spacial score (nSPS) is 20.8. The highest BCUT2D eigenvalue weighted by atomic mass is 32.2. The van der Waals surface area contributed by atoms with Crippen LogP contribution in [0, 0.1) is 17.6 Å². The molecule has 0 spiro atoms. The molecule has 1 unspecified atom stereocenters. The molecule has 1 saturated heterocycles. The van der Waals surface area contributed by atoms with E-state index in [1.165, 1.54) is 0 Å². The number of sulfone groups is 1. The van der Waals surface area contributed by atoms with Crippen molar-refractivity contribution in [1.29, 1.82) is 0 Å². The summed E-state index contributed by atoms with van der Waals surface area (Å²) >= 11 is 0. The van der Waals surface area contributed by atoms with Crippen LogP contribution in [0.2, 0.25) is 0 Å². The first kappa shape index (κ1) is 14.7. The molecular weight excluding hydrogens is 290 g/mol. The molecule has 20 heavy (non-hydrogen) atoms. The van der Waals surface area contributed by atoms with Crippen molar-refractivity contribution >= 4 is 21.4 Å². The first-order valence-corrected chi connectivity index (χ1v) is 7.84. The lowest BCUT2D eigenvalue weighted by molar-refractivity contribution is 0.0940. The summed E-state index contributed by atoms with van der Waals surface area (Å²) in [4.78, 5) is 11.8. The molecule has 0 radical (unpaired) electrons. The SMILES string of the molecule is Nc1ccc(F)c(C(=O)NCC2CCS(=O)(=O)C2)c1F. The van der Waals surface area contributed by atoms with E-state index in [1.807, 2.05) is 0 Å². The molecule has 1 aliphatic rings. The molecular formula is C12H14F2N2O3S. The van der Waals surface area contributed by atoms with Crippen molar-refractivity contribution in [2.75, 3.05) is 23.8 Å². The van der Waals surface area contributed by atoms with Gasteiger partial charge in [-0.3, -0.25) is 4.79 Å². The van der Waals surface area contributed by atoms with Gasteiger partial charge in [0.05, 0.1) is 17.2 Å². The van der Waals surface area contributed by atoms with Gasteiger partial charge in [0.15, 0.2) is 15.7 Å². The number of nitrogen functional groups attached to an aromatic ring is 1. The Kier molecular flexibility index (Phi) is 3.94. The van der Waals surface area contributed by atoms with E-state index < -0.39 is 32.9 Å². The van der Waals surface area contributed by atoms with Crippen LogP contribution in [0.3, 0.4) is 0 Å². The van der Waals surface area contributed by atoms with Gasteiger partial charge >= 0.3 is 0 Å². The minimum Gasteiger partial charge on any atom is -0.396 e. The number of benzene rings is 1. The van der Waals surface area contributed by atoms with E-state index in [0.29, 0.717) is 6.42 Å². The Hall–Kier alpha value is -1.70. The third kappa shape index (κ3) is 3.06. The second-order valence-corrected chi connectivity index (χ2v) is 7.03. The predicted octanol–water partition coefficient (Wildman–Crippen LogP) is 0.711. The van der Waals surface area contributed by atoms with Crippen molar-refractivity contribution < 1.29 is 22.0 Å². The van der Waals surface area contributed by atoms with Gasteiger partial charge < -0.3 is 11.1 Å². The molecule has 0 aromatic heterocycles. The summed E-state index contributed by atoms with van der Waals surface area (Å²) in [6.07, 6.45) is 0.435. The monoisotopic (exact) mass is 304 g/mol. The summed E-state index contributed by atoms with van der Waals surface area (Å²) in [5, 5.41) is 2.35. The van der Waals surface area contributed by atoms with Crippen LogP contribution in [0.5, 0.6) is 0 Å². The topological polar surface area (TPSA) is 89.3 Å². The number of carbonyl (C=O) groups excluding carboxylic acids is 1. The number of rotatable bonds is 3. The molecule has 5 nitrogen and oxygen atoms in total. The van der Waals surface area contributed by atoms with Crippen LogP contribution in [-0.4, -0.2) is 32.4 Å². The van der Waals surface area contributed by atoms with Crippen LogP contribution in [0.4, 0.5) is 14.5 Å². The van der Waals surface area contributed by atoms with E-state index in [9.17, 15) is 22.0 Å². The number of carbonyl (C=O) groups is 1. The maximum absolute atomic E-state index is 13.6. The number of halogens is 2. The fraction of sp³-hybridized carbons (Fsp3) is 0.417. The van der Waals surface area contributed by atoms with E-state index in [0.717, 1.165) is 12.1 Å². The van der Waals surface area contributed by atoms with Gasteiger partial charge in [-0.2, -0.15) is 0 Å². The smallest absolute Gasteiger partial charge is 0.257 e. The van der Waals surface area contributed by atoms with Crippen molar-refractivity contribution in [1.82, 2.24) is 5.32 Å². The molecule has 1 aromatic rings. The van der Waals surface area contributed by atoms with Gasteiger partial charge in [-0.1, -0.05) is 0 Å². The zero-order valence-corrected chi connectivity index (χ0v) is 11.3. The number of nitrogens with two attached hydrogens (primary N) is 1. The van der Waals surface area contributed by atoms with Crippen LogP contribution >= 0.6 is 0 Å². The average molecular weight is 304 g/mol. The molecule has 1 aromatic carbocycles. The Bertz CT molecular complexity index is 646. The van der Waals surface area contributed by atoms with Gasteiger partial charge in [-0.05, 0) is 24.5 Å². The van der Waals surface area contributed by atoms with Gasteiger partial charge in [0.25, 0.3) is 5.91 Å². The van der Waals surface area contributed by atoms with Crippen LogP contribution in [0.1, 0.15) is 16.8 Å². The summed E-state index contributed by atoms with van der Waals surface area (Å²) in [5.74, 6) is -3.22. The Labute approximate surface area is 115 Å². The minimum atomic E-state index is -3.05. The van der Waals surface area contributed by atoms with E-state index in [4.69, 9.17) is 5.73 Å². The summed E-state index contributed by atoms with van der Waals surface area (Å²) in [7, 11) is -3.05. The molecule has 0 aliphatic carbocycles. The number of hydrogen-bond donors (Lipinski definition) is 2. The lowest BCUT2D eigenvalue weighted by atomic mass is 10.1. The number of anilines is 1. The third-order valence-corrected chi connectivity index (χ3v) is 5.06. The molecule has 1 aliphatic heterocycles. The number of amides is 1. The fourth-order valence-electron chi connectivity index (χ4n) is 2.14. The molecule has 1 atom stereocenters. The van der Waals surface area contributed by atoms with Gasteiger partial charge in [0.1, 0.15) is 11.4 Å². The average Bonchev–Trinajstić information content (AvgIpc) is 2.72. The minimum absolute atomic E-state index is 0.0187. The Morgan fingerprint density at radius 3 is 2.70 bits per heavy atom. The lowest BCUT2D eigenvalue weighted by Gasteiger charge is -2.11. The predicted molar refractivity (Wildman–Crippen MR) is 69.9 cm³/mol. The Balaban J connectivity index is 2.05. The summed E-state index contributed by atoms with van der Waals surface area (Å²) in [6.45, 7) is 0.0613. The Morgan fingerprint density at radius 2 is 2.10 bits per heavy atom. The highest BCUT2D eigenvalue weighted by Crippen LogP contribution is 2.20. The molecule has 0 saturated carbocycles. The van der Waals surface area contributed by atoms with Crippen LogP contribution in [0.25, 0.3) is 0 Å².